The second-order valence-corrected chi connectivity index (χ2v) is 6.88. The molecule has 0 bridgehead atoms. The maximum atomic E-state index is 12.2. The second-order valence-electron chi connectivity index (χ2n) is 5.97. The van der Waals surface area contributed by atoms with Crippen LogP contribution in [0.1, 0.15) is 28.9 Å². The number of hydrogen-bond donors (Lipinski definition) is 4. The van der Waals surface area contributed by atoms with Crippen LogP contribution in [0.15, 0.2) is 46.6 Å². The lowest BCUT2D eigenvalue weighted by molar-refractivity contribution is -0.116. The number of benzene rings is 1. The summed E-state index contributed by atoms with van der Waals surface area (Å²) >= 11 is 1.18. The van der Waals surface area contributed by atoms with Gasteiger partial charge in [0.25, 0.3) is 5.56 Å². The molecule has 0 spiro atoms. The lowest BCUT2D eigenvalue weighted by atomic mass is 10.1. The van der Waals surface area contributed by atoms with Gasteiger partial charge in [-0.2, -0.15) is 0 Å². The number of aromatic nitrogens is 2. The molecule has 0 saturated carbocycles. The van der Waals surface area contributed by atoms with E-state index in [0.717, 1.165) is 12.0 Å². The van der Waals surface area contributed by atoms with Crippen molar-refractivity contribution in [3.63, 3.8) is 0 Å². The molecule has 0 aliphatic heterocycles. The molecule has 0 fully saturated rings. The monoisotopic (exact) mass is 399 g/mol. The number of carbonyl (C=O) groups excluding carboxylic acids is 1. The Hall–Kier alpha value is -3.46. The molecule has 0 atom stereocenters. The smallest absolute Gasteiger partial charge is 0.358 e. The van der Waals surface area contributed by atoms with Crippen LogP contribution in [0.4, 0.5) is 5.69 Å². The highest BCUT2D eigenvalue weighted by Gasteiger charge is 2.20. The van der Waals surface area contributed by atoms with Crippen LogP contribution in [-0.2, 0) is 11.2 Å². The summed E-state index contributed by atoms with van der Waals surface area (Å²) in [4.78, 5) is 41.7. The predicted molar refractivity (Wildman–Crippen MR) is 105 cm³/mol. The Balaban J connectivity index is 1.71. The maximum Gasteiger partial charge on any atom is 0.358 e. The van der Waals surface area contributed by atoms with Gasteiger partial charge in [-0.1, -0.05) is 30.3 Å². The molecular weight excluding hydrogens is 382 g/mol. The number of nitrogens with one attached hydrogen (secondary N) is 2. The molecule has 0 aliphatic rings. The summed E-state index contributed by atoms with van der Waals surface area (Å²) in [6, 6.07) is 11.5. The molecule has 4 N–H and O–H groups in total. The molecule has 0 aliphatic carbocycles. The van der Waals surface area contributed by atoms with E-state index >= 15 is 0 Å². The third kappa shape index (κ3) is 4.44. The summed E-state index contributed by atoms with van der Waals surface area (Å²) in [5.74, 6) is -2.71. The number of H-pyrrole nitrogens is 1. The molecule has 2 heterocycles. The Bertz CT molecular complexity index is 1060. The third-order valence-corrected chi connectivity index (χ3v) is 4.89. The SMILES string of the molecule is O=C(CCCc1ccccc1)Nc1ccsc1-c1nc(C(=O)O)c(O)c(=O)[nH]1. The lowest BCUT2D eigenvalue weighted by Crippen LogP contribution is -2.16. The first-order valence-corrected chi connectivity index (χ1v) is 9.32. The highest BCUT2D eigenvalue weighted by molar-refractivity contribution is 7.14. The molecule has 1 aromatic carbocycles. The molecule has 0 radical (unpaired) electrons. The van der Waals surface area contributed by atoms with Crippen molar-refractivity contribution in [2.45, 2.75) is 19.3 Å². The molecule has 9 heteroatoms. The van der Waals surface area contributed by atoms with Gasteiger partial charge in [0, 0.05) is 6.42 Å². The molecule has 2 aromatic heterocycles. The van der Waals surface area contributed by atoms with Crippen LogP contribution in [0.3, 0.4) is 0 Å². The van der Waals surface area contributed by atoms with E-state index in [1.165, 1.54) is 11.3 Å². The van der Waals surface area contributed by atoms with Gasteiger partial charge >= 0.3 is 5.97 Å². The minimum absolute atomic E-state index is 0.0326. The number of nitrogens with zero attached hydrogens (tertiary/aromatic N) is 1. The summed E-state index contributed by atoms with van der Waals surface area (Å²) in [7, 11) is 0. The Morgan fingerprint density at radius 2 is 1.93 bits per heavy atom. The zero-order valence-corrected chi connectivity index (χ0v) is 15.5. The quantitative estimate of drug-likeness (QED) is 0.483. The standard InChI is InChI=1S/C19H17N3O5S/c23-13(8-4-7-11-5-2-1-3-6-11)20-12-9-10-28-16(12)17-21-14(19(26)27)15(24)18(25)22-17/h1-3,5-6,9-10,24H,4,7-8H2,(H,20,23)(H,26,27)(H,21,22,25). The average Bonchev–Trinajstić information content (AvgIpc) is 3.12. The van der Waals surface area contributed by atoms with Crippen molar-refractivity contribution in [2.75, 3.05) is 5.32 Å². The molecule has 0 unspecified atom stereocenters. The summed E-state index contributed by atoms with van der Waals surface area (Å²) < 4.78 is 0. The van der Waals surface area contributed by atoms with E-state index in [1.54, 1.807) is 11.4 Å². The third-order valence-electron chi connectivity index (χ3n) is 3.96. The molecular formula is C19H17N3O5S. The summed E-state index contributed by atoms with van der Waals surface area (Å²) in [6.07, 6.45) is 1.76. The number of aryl methyl sites for hydroxylation is 1. The Labute approximate surface area is 163 Å². The molecule has 144 valence electrons. The fourth-order valence-corrected chi connectivity index (χ4v) is 3.42. The number of anilines is 1. The first kappa shape index (κ1) is 19.3. The highest BCUT2D eigenvalue weighted by Crippen LogP contribution is 2.31. The average molecular weight is 399 g/mol. The van der Waals surface area contributed by atoms with Crippen molar-refractivity contribution in [1.29, 1.82) is 0 Å². The number of carboxylic acids is 1. The van der Waals surface area contributed by atoms with Gasteiger partial charge in [-0.15, -0.1) is 11.3 Å². The fourth-order valence-electron chi connectivity index (χ4n) is 2.63. The summed E-state index contributed by atoms with van der Waals surface area (Å²) in [5.41, 5.74) is -0.137. The van der Waals surface area contributed by atoms with Gasteiger partial charge in [0.15, 0.2) is 11.5 Å². The van der Waals surface area contributed by atoms with Gasteiger partial charge in [0.1, 0.15) is 0 Å². The minimum Gasteiger partial charge on any atom is -0.501 e. The van der Waals surface area contributed by atoms with Gasteiger partial charge in [-0.25, -0.2) is 9.78 Å². The molecule has 3 aromatic rings. The van der Waals surface area contributed by atoms with Gasteiger partial charge in [-0.05, 0) is 29.9 Å². The number of aromatic hydroxyl groups is 1. The van der Waals surface area contributed by atoms with E-state index in [0.29, 0.717) is 23.4 Å². The van der Waals surface area contributed by atoms with Crippen molar-refractivity contribution in [1.82, 2.24) is 9.97 Å². The van der Waals surface area contributed by atoms with Crippen molar-refractivity contribution in [2.24, 2.45) is 0 Å². The number of hydrogen-bond acceptors (Lipinski definition) is 6. The van der Waals surface area contributed by atoms with Gasteiger partial charge < -0.3 is 20.5 Å². The van der Waals surface area contributed by atoms with Crippen LogP contribution < -0.4 is 10.9 Å². The van der Waals surface area contributed by atoms with Crippen LogP contribution in [0.5, 0.6) is 5.75 Å². The number of carboxylic acid groups (broad SMARTS) is 1. The number of rotatable bonds is 7. The van der Waals surface area contributed by atoms with Crippen molar-refractivity contribution >= 4 is 28.9 Å². The van der Waals surface area contributed by atoms with E-state index in [2.05, 4.69) is 15.3 Å². The molecule has 1 amide bonds. The fraction of sp³-hybridized carbons (Fsp3) is 0.158. The second kappa shape index (κ2) is 8.49. The number of carbonyl (C=O) groups is 2. The Kier molecular flexibility index (Phi) is 5.85. The van der Waals surface area contributed by atoms with Crippen LogP contribution in [0.2, 0.25) is 0 Å². The Morgan fingerprint density at radius 3 is 2.64 bits per heavy atom. The molecule has 28 heavy (non-hydrogen) atoms. The maximum absolute atomic E-state index is 12.2. The van der Waals surface area contributed by atoms with Crippen LogP contribution >= 0.6 is 11.3 Å². The van der Waals surface area contributed by atoms with Crippen molar-refractivity contribution in [3.05, 3.63) is 63.4 Å². The van der Waals surface area contributed by atoms with Crippen LogP contribution in [-0.4, -0.2) is 32.1 Å². The Morgan fingerprint density at radius 1 is 1.18 bits per heavy atom. The van der Waals surface area contributed by atoms with Crippen LogP contribution in [0.25, 0.3) is 10.7 Å². The van der Waals surface area contributed by atoms with Crippen LogP contribution in [0, 0.1) is 0 Å². The van der Waals surface area contributed by atoms with Gasteiger partial charge in [0.2, 0.25) is 11.7 Å². The normalized spacial score (nSPS) is 10.6. The first-order valence-electron chi connectivity index (χ1n) is 8.44. The van der Waals surface area contributed by atoms with E-state index in [-0.39, 0.29) is 11.7 Å². The van der Waals surface area contributed by atoms with E-state index in [9.17, 15) is 19.5 Å². The first-order chi connectivity index (χ1) is 13.5. The van der Waals surface area contributed by atoms with E-state index in [1.807, 2.05) is 30.3 Å². The number of thiophene rings is 1. The number of aromatic amines is 1. The molecule has 3 rings (SSSR count). The number of aromatic carboxylic acids is 1. The lowest BCUT2D eigenvalue weighted by Gasteiger charge is -2.07. The molecule has 0 saturated heterocycles. The zero-order chi connectivity index (χ0) is 20.1. The van der Waals surface area contributed by atoms with Crippen molar-refractivity contribution in [3.8, 4) is 16.5 Å². The predicted octanol–water partition coefficient (Wildman–Crippen LogP) is 2.86. The zero-order valence-electron chi connectivity index (χ0n) is 14.6. The minimum atomic E-state index is -1.52. The number of amides is 1. The van der Waals surface area contributed by atoms with E-state index < -0.39 is 23.0 Å². The largest absolute Gasteiger partial charge is 0.501 e. The summed E-state index contributed by atoms with van der Waals surface area (Å²) in [5, 5.41) is 23.1. The molecule has 8 nitrogen and oxygen atoms in total. The van der Waals surface area contributed by atoms with Crippen molar-refractivity contribution < 1.29 is 19.8 Å². The topological polar surface area (TPSA) is 132 Å². The van der Waals surface area contributed by atoms with Gasteiger partial charge in [0.05, 0.1) is 10.6 Å². The van der Waals surface area contributed by atoms with E-state index in [4.69, 9.17) is 5.11 Å². The summed E-state index contributed by atoms with van der Waals surface area (Å²) in [6.45, 7) is 0. The highest BCUT2D eigenvalue weighted by atomic mass is 32.1. The van der Waals surface area contributed by atoms with Gasteiger partial charge in [-0.3, -0.25) is 9.59 Å².